The van der Waals surface area contributed by atoms with Gasteiger partial charge in [0.25, 0.3) is 0 Å². The topological polar surface area (TPSA) is 0 Å². The van der Waals surface area contributed by atoms with Crippen molar-refractivity contribution < 1.29 is 0 Å². The molecule has 0 unspecified atom stereocenters. The van der Waals surface area contributed by atoms with Gasteiger partial charge in [-0.05, 0) is 0 Å². The molecule has 1 heteroatoms. The fraction of sp³-hybridized carbons (Fsp3) is 0.231. The Morgan fingerprint density at radius 3 is 2.43 bits per heavy atom. The summed E-state index contributed by atoms with van der Waals surface area (Å²) >= 11 is -1.08. The van der Waals surface area contributed by atoms with Gasteiger partial charge in [0.1, 0.15) is 0 Å². The van der Waals surface area contributed by atoms with E-state index in [-0.39, 0.29) is 0 Å². The Labute approximate surface area is 93.6 Å². The van der Waals surface area contributed by atoms with Gasteiger partial charge in [-0.2, -0.15) is 0 Å². The molecule has 0 fully saturated rings. The van der Waals surface area contributed by atoms with Crippen LogP contribution in [0.15, 0.2) is 42.5 Å². The van der Waals surface area contributed by atoms with Crippen LogP contribution in [0.4, 0.5) is 0 Å². The molecule has 14 heavy (non-hydrogen) atoms. The van der Waals surface area contributed by atoms with E-state index in [1.807, 2.05) is 0 Å². The molecule has 2 aromatic rings. The fourth-order valence-corrected chi connectivity index (χ4v) is 5.49. The van der Waals surface area contributed by atoms with Gasteiger partial charge in [-0.25, -0.2) is 0 Å². The molecule has 2 rings (SSSR count). The fourth-order valence-electron chi connectivity index (χ4n) is 1.77. The Morgan fingerprint density at radius 2 is 1.64 bits per heavy atom. The molecule has 0 aliphatic heterocycles. The minimum absolute atomic E-state index is 1.08. The van der Waals surface area contributed by atoms with Crippen LogP contribution in [-0.2, 0) is 4.13 Å². The minimum atomic E-state index is -1.08. The van der Waals surface area contributed by atoms with E-state index in [1.54, 1.807) is 5.56 Å². The Hall–Kier alpha value is -0.417. The second-order valence-electron chi connectivity index (χ2n) is 3.88. The van der Waals surface area contributed by atoms with Gasteiger partial charge in [-0.15, -0.1) is 0 Å². The predicted molar refractivity (Wildman–Crippen MR) is 65.1 cm³/mol. The van der Waals surface area contributed by atoms with Gasteiger partial charge >= 0.3 is 93.9 Å². The Bertz CT molecular complexity index is 427. The molecular weight excluding hydrogens is 365 g/mol. The Morgan fingerprint density at radius 1 is 0.929 bits per heavy atom. The zero-order valence-corrected chi connectivity index (χ0v) is 12.2. The van der Waals surface area contributed by atoms with Gasteiger partial charge in [0.05, 0.1) is 0 Å². The molecule has 72 valence electrons. The van der Waals surface area contributed by atoms with Crippen molar-refractivity contribution in [1.82, 2.24) is 0 Å². The van der Waals surface area contributed by atoms with E-state index in [0.717, 1.165) is 0 Å². The van der Waals surface area contributed by atoms with Crippen molar-refractivity contribution in [1.29, 1.82) is 0 Å². The quantitative estimate of drug-likeness (QED) is 0.698. The molecule has 0 aliphatic rings. The van der Waals surface area contributed by atoms with Crippen LogP contribution in [0.25, 0.3) is 10.8 Å². The van der Waals surface area contributed by atoms with Crippen LogP contribution in [-0.4, -0.2) is 21.8 Å². The van der Waals surface area contributed by atoms with Crippen molar-refractivity contribution in [2.45, 2.75) is 13.4 Å². The molecular formula is C13H15Bi. The summed E-state index contributed by atoms with van der Waals surface area (Å²) in [6.07, 6.45) is 0. The first kappa shape index (κ1) is 10.1. The second-order valence-corrected chi connectivity index (χ2v) is 13.5. The second kappa shape index (κ2) is 4.40. The van der Waals surface area contributed by atoms with Crippen LogP contribution < -0.4 is 0 Å². The zero-order chi connectivity index (χ0) is 9.97. The van der Waals surface area contributed by atoms with Crippen molar-refractivity contribution in [3.63, 3.8) is 0 Å². The Kier molecular flexibility index (Phi) is 3.18. The van der Waals surface area contributed by atoms with Gasteiger partial charge in [0, 0.05) is 0 Å². The molecule has 0 atom stereocenters. The molecule has 2 aromatic carbocycles. The van der Waals surface area contributed by atoms with Gasteiger partial charge < -0.3 is 0 Å². The molecule has 0 radical (unpaired) electrons. The molecule has 0 spiro atoms. The van der Waals surface area contributed by atoms with E-state index in [0.29, 0.717) is 0 Å². The molecule has 0 bridgehead atoms. The van der Waals surface area contributed by atoms with E-state index < -0.39 is 21.8 Å². The first-order valence-electron chi connectivity index (χ1n) is 4.89. The molecule has 0 nitrogen and oxygen atoms in total. The van der Waals surface area contributed by atoms with Crippen LogP contribution in [0.3, 0.4) is 0 Å². The maximum atomic E-state index is 2.47. The van der Waals surface area contributed by atoms with Crippen LogP contribution in [0.5, 0.6) is 0 Å². The summed E-state index contributed by atoms with van der Waals surface area (Å²) in [7, 11) is 0. The van der Waals surface area contributed by atoms with Crippen LogP contribution in [0.1, 0.15) is 5.56 Å². The van der Waals surface area contributed by atoms with E-state index in [9.17, 15) is 0 Å². The number of rotatable bonds is 2. The van der Waals surface area contributed by atoms with E-state index in [2.05, 4.69) is 51.7 Å². The van der Waals surface area contributed by atoms with Crippen molar-refractivity contribution in [2.24, 2.45) is 0 Å². The van der Waals surface area contributed by atoms with Crippen molar-refractivity contribution in [2.75, 3.05) is 0 Å². The summed E-state index contributed by atoms with van der Waals surface area (Å²) in [5.41, 5.74) is 1.56. The predicted octanol–water partition coefficient (Wildman–Crippen LogP) is 3.68. The average molecular weight is 380 g/mol. The van der Waals surface area contributed by atoms with Gasteiger partial charge in [-0.3, -0.25) is 0 Å². The summed E-state index contributed by atoms with van der Waals surface area (Å²) in [4.78, 5) is 0. The number of fused-ring (bicyclic) bond motifs is 1. The van der Waals surface area contributed by atoms with E-state index in [1.165, 1.54) is 14.9 Å². The van der Waals surface area contributed by atoms with Crippen molar-refractivity contribution >= 4 is 32.5 Å². The molecule has 0 amide bonds. The third-order valence-electron chi connectivity index (χ3n) is 2.37. The van der Waals surface area contributed by atoms with Crippen LogP contribution in [0, 0.1) is 0 Å². The summed E-state index contributed by atoms with van der Waals surface area (Å²) in [6.45, 7) is 0. The van der Waals surface area contributed by atoms with Crippen molar-refractivity contribution in [3.05, 3.63) is 48.0 Å². The molecule has 0 heterocycles. The summed E-state index contributed by atoms with van der Waals surface area (Å²) in [5.74, 6) is 0. The van der Waals surface area contributed by atoms with Crippen molar-refractivity contribution in [3.8, 4) is 0 Å². The summed E-state index contributed by atoms with van der Waals surface area (Å²) in [5, 5.41) is 2.84. The van der Waals surface area contributed by atoms with Gasteiger partial charge in [0.2, 0.25) is 0 Å². The van der Waals surface area contributed by atoms with Gasteiger partial charge in [-0.1, -0.05) is 0 Å². The Balaban J connectivity index is 2.53. The summed E-state index contributed by atoms with van der Waals surface area (Å²) < 4.78 is 6.31. The molecule has 0 N–H and O–H groups in total. The monoisotopic (exact) mass is 380 g/mol. The maximum absolute atomic E-state index is 2.47. The first-order valence-corrected chi connectivity index (χ1v) is 14.3. The van der Waals surface area contributed by atoms with Crippen LogP contribution in [0.2, 0.25) is 9.26 Å². The first-order chi connectivity index (χ1) is 6.77. The number of benzene rings is 2. The molecule has 0 saturated carbocycles. The normalized spacial score (nSPS) is 11.1. The molecule has 0 saturated heterocycles. The zero-order valence-electron chi connectivity index (χ0n) is 8.70. The van der Waals surface area contributed by atoms with Gasteiger partial charge in [0.15, 0.2) is 0 Å². The van der Waals surface area contributed by atoms with E-state index >= 15 is 0 Å². The summed E-state index contributed by atoms with van der Waals surface area (Å²) in [6, 6.07) is 15.4. The molecule has 0 aromatic heterocycles. The van der Waals surface area contributed by atoms with Crippen LogP contribution >= 0.6 is 0 Å². The number of hydrogen-bond acceptors (Lipinski definition) is 0. The molecule has 0 aliphatic carbocycles. The third-order valence-corrected chi connectivity index (χ3v) is 6.15. The average Bonchev–Trinajstić information content (AvgIpc) is 2.18. The SMILES string of the molecule is [CH3][Bi]([CH3])[CH2]c1cccc2ccccc12. The standard InChI is InChI=1S/C11H9.2CH3.Bi/c1-9-5-4-7-10-6-2-3-8-11(9)10;;;/h2-8H,1H2;2*1H3;. The van der Waals surface area contributed by atoms with E-state index in [4.69, 9.17) is 0 Å². The number of hydrogen-bond donors (Lipinski definition) is 0. The third kappa shape index (κ3) is 2.15.